The van der Waals surface area contributed by atoms with Gasteiger partial charge in [-0.25, -0.2) is 0 Å². The highest BCUT2D eigenvalue weighted by Gasteiger charge is 2.08. The van der Waals surface area contributed by atoms with E-state index < -0.39 is 16.9 Å². The number of nitrogens with one attached hydrogen (secondary N) is 1. The SMILES string of the molecule is Cc1cc(C)cc(OCC(O)CNCCC(C)S(C)=O)c1. The Morgan fingerprint density at radius 3 is 2.48 bits per heavy atom. The van der Waals surface area contributed by atoms with Gasteiger partial charge in [0.1, 0.15) is 18.5 Å². The van der Waals surface area contributed by atoms with E-state index in [-0.39, 0.29) is 11.9 Å². The first-order valence-corrected chi connectivity index (χ1v) is 8.92. The summed E-state index contributed by atoms with van der Waals surface area (Å²) in [5.41, 5.74) is 2.30. The van der Waals surface area contributed by atoms with Gasteiger partial charge in [-0.2, -0.15) is 0 Å². The lowest BCUT2D eigenvalue weighted by Gasteiger charge is -2.15. The fourth-order valence-electron chi connectivity index (χ4n) is 2.01. The number of hydrogen-bond donors (Lipinski definition) is 2. The van der Waals surface area contributed by atoms with Crippen molar-refractivity contribution in [3.8, 4) is 5.75 Å². The van der Waals surface area contributed by atoms with E-state index >= 15 is 0 Å². The van der Waals surface area contributed by atoms with Gasteiger partial charge in [0.2, 0.25) is 0 Å². The van der Waals surface area contributed by atoms with Crippen LogP contribution in [0.1, 0.15) is 24.5 Å². The van der Waals surface area contributed by atoms with Gasteiger partial charge in [0.05, 0.1) is 0 Å². The molecule has 0 aliphatic rings. The smallest absolute Gasteiger partial charge is 0.119 e. The van der Waals surface area contributed by atoms with Gasteiger partial charge in [-0.05, 0) is 50.1 Å². The van der Waals surface area contributed by atoms with E-state index in [9.17, 15) is 9.32 Å². The summed E-state index contributed by atoms with van der Waals surface area (Å²) < 4.78 is 16.8. The highest BCUT2D eigenvalue weighted by atomic mass is 32.2. The number of aryl methyl sites for hydroxylation is 2. The molecule has 0 heterocycles. The van der Waals surface area contributed by atoms with Crippen molar-refractivity contribution >= 4 is 10.8 Å². The second-order valence-electron chi connectivity index (χ2n) is 5.59. The lowest BCUT2D eigenvalue weighted by molar-refractivity contribution is 0.106. The highest BCUT2D eigenvalue weighted by Crippen LogP contribution is 2.16. The minimum Gasteiger partial charge on any atom is -0.491 e. The zero-order valence-corrected chi connectivity index (χ0v) is 14.2. The van der Waals surface area contributed by atoms with E-state index in [2.05, 4.69) is 11.4 Å². The summed E-state index contributed by atoms with van der Waals surface area (Å²) in [5, 5.41) is 13.2. The quantitative estimate of drug-likeness (QED) is 0.683. The first-order chi connectivity index (χ1) is 9.88. The average molecular weight is 313 g/mol. The molecule has 0 saturated heterocycles. The van der Waals surface area contributed by atoms with Crippen molar-refractivity contribution in [3.63, 3.8) is 0 Å². The van der Waals surface area contributed by atoms with Crippen LogP contribution in [0.4, 0.5) is 0 Å². The fraction of sp³-hybridized carbons (Fsp3) is 0.625. The topological polar surface area (TPSA) is 58.6 Å². The van der Waals surface area contributed by atoms with E-state index in [1.807, 2.05) is 32.9 Å². The monoisotopic (exact) mass is 313 g/mol. The Labute approximate surface area is 130 Å². The molecular formula is C16H27NO3S. The number of aliphatic hydroxyl groups is 1. The second-order valence-corrected chi connectivity index (χ2v) is 7.39. The van der Waals surface area contributed by atoms with Crippen molar-refractivity contribution in [1.82, 2.24) is 5.32 Å². The normalized spacial score (nSPS) is 15.5. The van der Waals surface area contributed by atoms with Crippen LogP contribution in [0, 0.1) is 13.8 Å². The molecule has 1 rings (SSSR count). The van der Waals surface area contributed by atoms with Crippen LogP contribution in [-0.4, -0.2) is 46.6 Å². The minimum atomic E-state index is -0.785. The van der Waals surface area contributed by atoms with Crippen LogP contribution in [0.3, 0.4) is 0 Å². The Bertz CT molecular complexity index is 445. The van der Waals surface area contributed by atoms with Crippen molar-refractivity contribution < 1.29 is 14.1 Å². The van der Waals surface area contributed by atoms with Crippen LogP contribution in [0.2, 0.25) is 0 Å². The molecule has 1 aromatic rings. The molecule has 2 N–H and O–H groups in total. The summed E-state index contributed by atoms with van der Waals surface area (Å²) >= 11 is 0. The molecular weight excluding hydrogens is 286 g/mol. The second kappa shape index (κ2) is 9.18. The van der Waals surface area contributed by atoms with E-state index in [1.54, 1.807) is 6.26 Å². The maximum atomic E-state index is 11.2. The summed E-state index contributed by atoms with van der Waals surface area (Å²) in [4.78, 5) is 0. The molecule has 0 aromatic heterocycles. The fourth-order valence-corrected chi connectivity index (χ4v) is 2.46. The summed E-state index contributed by atoms with van der Waals surface area (Å²) in [7, 11) is -0.785. The third-order valence-corrected chi connectivity index (χ3v) is 4.68. The number of rotatable bonds is 9. The lowest BCUT2D eigenvalue weighted by Crippen LogP contribution is -2.33. The van der Waals surface area contributed by atoms with Gasteiger partial charge >= 0.3 is 0 Å². The highest BCUT2D eigenvalue weighted by molar-refractivity contribution is 7.84. The van der Waals surface area contributed by atoms with Crippen molar-refractivity contribution in [3.05, 3.63) is 29.3 Å². The largest absolute Gasteiger partial charge is 0.491 e. The molecule has 0 saturated carbocycles. The summed E-state index contributed by atoms with van der Waals surface area (Å²) in [6.07, 6.45) is 2.01. The van der Waals surface area contributed by atoms with Gasteiger partial charge in [-0.1, -0.05) is 13.0 Å². The maximum absolute atomic E-state index is 11.2. The molecule has 0 aliphatic carbocycles. The zero-order valence-electron chi connectivity index (χ0n) is 13.4. The Kier molecular flexibility index (Phi) is 7.93. The molecule has 21 heavy (non-hydrogen) atoms. The van der Waals surface area contributed by atoms with Gasteiger partial charge in [0.15, 0.2) is 0 Å². The Hall–Kier alpha value is -0.910. The van der Waals surface area contributed by atoms with E-state index in [4.69, 9.17) is 4.74 Å². The van der Waals surface area contributed by atoms with E-state index in [0.29, 0.717) is 6.54 Å². The first kappa shape index (κ1) is 18.1. The van der Waals surface area contributed by atoms with Crippen molar-refractivity contribution in [2.75, 3.05) is 26.0 Å². The van der Waals surface area contributed by atoms with Crippen molar-refractivity contribution in [1.29, 1.82) is 0 Å². The van der Waals surface area contributed by atoms with Gasteiger partial charge in [0, 0.05) is 28.9 Å². The predicted molar refractivity (Wildman–Crippen MR) is 88.4 cm³/mol. The molecule has 0 aliphatic heterocycles. The number of aliphatic hydroxyl groups excluding tert-OH is 1. The molecule has 0 bridgehead atoms. The predicted octanol–water partition coefficient (Wildman–Crippen LogP) is 1.79. The molecule has 3 unspecified atom stereocenters. The van der Waals surface area contributed by atoms with Crippen molar-refractivity contribution in [2.45, 2.75) is 38.5 Å². The molecule has 0 amide bonds. The standard InChI is InChI=1S/C16H27NO3S/c1-12-7-13(2)9-16(8-12)20-11-15(18)10-17-6-5-14(3)21(4)19/h7-9,14-15,17-18H,5-6,10-11H2,1-4H3. The molecule has 3 atom stereocenters. The first-order valence-electron chi connectivity index (χ1n) is 7.30. The van der Waals surface area contributed by atoms with E-state index in [1.165, 1.54) is 0 Å². The third kappa shape index (κ3) is 7.60. The van der Waals surface area contributed by atoms with Crippen LogP contribution in [0.25, 0.3) is 0 Å². The van der Waals surface area contributed by atoms with Crippen LogP contribution < -0.4 is 10.1 Å². The third-order valence-electron chi connectivity index (χ3n) is 3.31. The summed E-state index contributed by atoms with van der Waals surface area (Å²) in [5.74, 6) is 0.793. The molecule has 5 heteroatoms. The summed E-state index contributed by atoms with van der Waals surface area (Å²) in [6.45, 7) is 7.52. The molecule has 0 fully saturated rings. The van der Waals surface area contributed by atoms with E-state index in [0.717, 1.165) is 29.8 Å². The number of ether oxygens (including phenoxy) is 1. The molecule has 120 valence electrons. The Morgan fingerprint density at radius 2 is 1.90 bits per heavy atom. The van der Waals surface area contributed by atoms with Crippen LogP contribution >= 0.6 is 0 Å². The van der Waals surface area contributed by atoms with Gasteiger partial charge in [-0.15, -0.1) is 0 Å². The summed E-state index contributed by atoms with van der Waals surface area (Å²) in [6, 6.07) is 6.01. The molecule has 1 aromatic carbocycles. The average Bonchev–Trinajstić information content (AvgIpc) is 2.40. The molecule has 4 nitrogen and oxygen atoms in total. The van der Waals surface area contributed by atoms with Gasteiger partial charge < -0.3 is 15.2 Å². The lowest BCUT2D eigenvalue weighted by atomic mass is 10.1. The van der Waals surface area contributed by atoms with Crippen LogP contribution in [-0.2, 0) is 10.8 Å². The zero-order chi connectivity index (χ0) is 15.8. The van der Waals surface area contributed by atoms with Gasteiger partial charge in [0.25, 0.3) is 0 Å². The number of benzene rings is 1. The van der Waals surface area contributed by atoms with Crippen molar-refractivity contribution in [2.24, 2.45) is 0 Å². The Morgan fingerprint density at radius 1 is 1.29 bits per heavy atom. The van der Waals surface area contributed by atoms with Crippen LogP contribution in [0.15, 0.2) is 18.2 Å². The molecule has 0 spiro atoms. The minimum absolute atomic E-state index is 0.182. The van der Waals surface area contributed by atoms with Gasteiger partial charge in [-0.3, -0.25) is 4.21 Å². The maximum Gasteiger partial charge on any atom is 0.119 e. The number of hydrogen-bond acceptors (Lipinski definition) is 4. The van der Waals surface area contributed by atoms with Crippen LogP contribution in [0.5, 0.6) is 5.75 Å². The molecule has 0 radical (unpaired) electrons. The Balaban J connectivity index is 2.22.